The topological polar surface area (TPSA) is 71.1 Å². The first-order valence-corrected chi connectivity index (χ1v) is 11.4. The van der Waals surface area contributed by atoms with E-state index in [1.54, 1.807) is 30.6 Å². The van der Waals surface area contributed by atoms with E-state index in [1.807, 2.05) is 79.7 Å². The highest BCUT2D eigenvalue weighted by molar-refractivity contribution is 8.00. The Morgan fingerprint density at radius 1 is 0.758 bits per heavy atom. The van der Waals surface area contributed by atoms with Crippen molar-refractivity contribution in [2.75, 3.05) is 10.6 Å². The summed E-state index contributed by atoms with van der Waals surface area (Å²) in [6.45, 7) is 1.91. The van der Waals surface area contributed by atoms with E-state index in [0.717, 1.165) is 16.0 Å². The lowest BCUT2D eigenvalue weighted by atomic mass is 10.1. The molecule has 0 aliphatic heterocycles. The molecule has 0 radical (unpaired) electrons. The Bertz CT molecular complexity index is 1230. The molecule has 3 aromatic carbocycles. The molecule has 6 heteroatoms. The number of pyridine rings is 1. The van der Waals surface area contributed by atoms with E-state index < -0.39 is 5.25 Å². The number of hydrogen-bond acceptors (Lipinski definition) is 4. The van der Waals surface area contributed by atoms with Crippen molar-refractivity contribution in [1.29, 1.82) is 0 Å². The summed E-state index contributed by atoms with van der Waals surface area (Å²) in [5.41, 5.74) is 3.88. The standard InChI is InChI=1S/C27H23N3O2S/c1-19-7-5-6-10-24(19)26(31)29-21-11-13-23(14-12-21)33-25(20-8-3-2-4-9-20)27(32)30-22-15-17-28-18-16-22/h2-18,25H,1H3,(H,29,31)(H,28,30,32). The second-order valence-electron chi connectivity index (χ2n) is 7.43. The van der Waals surface area contributed by atoms with Gasteiger partial charge in [0.1, 0.15) is 5.25 Å². The molecule has 164 valence electrons. The van der Waals surface area contributed by atoms with Crippen molar-refractivity contribution in [2.45, 2.75) is 17.1 Å². The number of benzene rings is 3. The summed E-state index contributed by atoms with van der Waals surface area (Å²) >= 11 is 1.46. The Kier molecular flexibility index (Phi) is 7.17. The number of nitrogens with one attached hydrogen (secondary N) is 2. The summed E-state index contributed by atoms with van der Waals surface area (Å²) in [5, 5.41) is 5.46. The van der Waals surface area contributed by atoms with Gasteiger partial charge in [0, 0.05) is 34.2 Å². The third-order valence-corrected chi connectivity index (χ3v) is 6.31. The fourth-order valence-electron chi connectivity index (χ4n) is 3.32. The van der Waals surface area contributed by atoms with Crippen LogP contribution < -0.4 is 10.6 Å². The van der Waals surface area contributed by atoms with Gasteiger partial charge < -0.3 is 10.6 Å². The smallest absolute Gasteiger partial charge is 0.255 e. The molecule has 4 aromatic rings. The lowest BCUT2D eigenvalue weighted by Gasteiger charge is -2.17. The molecule has 5 nitrogen and oxygen atoms in total. The number of nitrogens with zero attached hydrogens (tertiary/aromatic N) is 1. The third kappa shape index (κ3) is 5.87. The van der Waals surface area contributed by atoms with Crippen molar-refractivity contribution in [3.8, 4) is 0 Å². The summed E-state index contributed by atoms with van der Waals surface area (Å²) in [6.07, 6.45) is 3.29. The van der Waals surface area contributed by atoms with Crippen LogP contribution in [0.1, 0.15) is 26.7 Å². The third-order valence-electron chi connectivity index (χ3n) is 5.04. The number of carbonyl (C=O) groups excluding carboxylic acids is 2. The molecule has 0 saturated heterocycles. The monoisotopic (exact) mass is 453 g/mol. The van der Waals surface area contributed by atoms with Crippen LogP contribution in [-0.4, -0.2) is 16.8 Å². The largest absolute Gasteiger partial charge is 0.325 e. The zero-order valence-electron chi connectivity index (χ0n) is 18.1. The minimum atomic E-state index is -0.438. The van der Waals surface area contributed by atoms with Crippen LogP contribution in [0.15, 0.2) is 108 Å². The number of aryl methyl sites for hydroxylation is 1. The van der Waals surface area contributed by atoms with Crippen molar-refractivity contribution in [3.63, 3.8) is 0 Å². The van der Waals surface area contributed by atoms with E-state index in [0.29, 0.717) is 16.9 Å². The molecule has 2 amide bonds. The Labute approximate surface area is 197 Å². The molecule has 0 bridgehead atoms. The Balaban J connectivity index is 1.49. The summed E-state index contributed by atoms with van der Waals surface area (Å²) in [4.78, 5) is 30.6. The van der Waals surface area contributed by atoms with Crippen LogP contribution in [0.2, 0.25) is 0 Å². The van der Waals surface area contributed by atoms with Crippen molar-refractivity contribution < 1.29 is 9.59 Å². The Morgan fingerprint density at radius 3 is 2.09 bits per heavy atom. The van der Waals surface area contributed by atoms with Crippen molar-refractivity contribution in [2.24, 2.45) is 0 Å². The van der Waals surface area contributed by atoms with Gasteiger partial charge in [0.15, 0.2) is 0 Å². The molecular weight excluding hydrogens is 430 g/mol. The van der Waals surface area contributed by atoms with Crippen molar-refractivity contribution in [1.82, 2.24) is 4.98 Å². The van der Waals surface area contributed by atoms with Gasteiger partial charge in [-0.15, -0.1) is 11.8 Å². The maximum absolute atomic E-state index is 13.1. The zero-order chi connectivity index (χ0) is 23.0. The average molecular weight is 454 g/mol. The molecule has 1 aromatic heterocycles. The fraction of sp³-hybridized carbons (Fsp3) is 0.0741. The van der Waals surface area contributed by atoms with Crippen LogP contribution in [0.25, 0.3) is 0 Å². The van der Waals surface area contributed by atoms with E-state index >= 15 is 0 Å². The predicted octanol–water partition coefficient (Wildman–Crippen LogP) is 6.11. The quantitative estimate of drug-likeness (QED) is 0.331. The molecule has 1 unspecified atom stereocenters. The molecule has 0 saturated carbocycles. The predicted molar refractivity (Wildman–Crippen MR) is 133 cm³/mol. The molecule has 2 N–H and O–H groups in total. The summed E-state index contributed by atoms with van der Waals surface area (Å²) in [5.74, 6) is -0.262. The van der Waals surface area contributed by atoms with Gasteiger partial charge in [-0.05, 0) is 60.5 Å². The molecule has 0 spiro atoms. The molecule has 1 heterocycles. The second-order valence-corrected chi connectivity index (χ2v) is 8.61. The number of carbonyl (C=O) groups is 2. The van der Waals surface area contributed by atoms with E-state index in [1.165, 1.54) is 11.8 Å². The summed E-state index contributed by atoms with van der Waals surface area (Å²) < 4.78 is 0. The molecular formula is C27H23N3O2S. The zero-order valence-corrected chi connectivity index (χ0v) is 18.9. The number of thioether (sulfide) groups is 1. The van der Waals surface area contributed by atoms with E-state index in [4.69, 9.17) is 0 Å². The lowest BCUT2D eigenvalue weighted by molar-refractivity contribution is -0.115. The van der Waals surface area contributed by atoms with Gasteiger partial charge in [-0.1, -0.05) is 48.5 Å². The second kappa shape index (κ2) is 10.6. The van der Waals surface area contributed by atoms with Gasteiger partial charge in [0.25, 0.3) is 5.91 Å². The Hall–Kier alpha value is -3.90. The normalized spacial score (nSPS) is 11.4. The fourth-order valence-corrected chi connectivity index (χ4v) is 4.35. The maximum atomic E-state index is 13.1. The van der Waals surface area contributed by atoms with Gasteiger partial charge in [-0.2, -0.15) is 0 Å². The van der Waals surface area contributed by atoms with Gasteiger partial charge in [0.2, 0.25) is 5.91 Å². The maximum Gasteiger partial charge on any atom is 0.255 e. The van der Waals surface area contributed by atoms with Crippen LogP contribution in [0.4, 0.5) is 11.4 Å². The highest BCUT2D eigenvalue weighted by Crippen LogP contribution is 2.36. The minimum Gasteiger partial charge on any atom is -0.325 e. The molecule has 0 fully saturated rings. The van der Waals surface area contributed by atoms with Crippen LogP contribution in [0.3, 0.4) is 0 Å². The van der Waals surface area contributed by atoms with Crippen LogP contribution in [0, 0.1) is 6.92 Å². The molecule has 4 rings (SSSR count). The molecule has 1 atom stereocenters. The highest BCUT2D eigenvalue weighted by Gasteiger charge is 2.22. The summed E-state index contributed by atoms with van der Waals surface area (Å²) in [7, 11) is 0. The number of rotatable bonds is 7. The number of anilines is 2. The Morgan fingerprint density at radius 2 is 1.39 bits per heavy atom. The van der Waals surface area contributed by atoms with E-state index in [2.05, 4.69) is 15.6 Å². The number of amides is 2. The van der Waals surface area contributed by atoms with Crippen molar-refractivity contribution >= 4 is 35.0 Å². The highest BCUT2D eigenvalue weighted by atomic mass is 32.2. The average Bonchev–Trinajstić information content (AvgIpc) is 2.85. The lowest BCUT2D eigenvalue weighted by Crippen LogP contribution is -2.19. The van der Waals surface area contributed by atoms with Gasteiger partial charge >= 0.3 is 0 Å². The number of aromatic nitrogens is 1. The minimum absolute atomic E-state index is 0.116. The van der Waals surface area contributed by atoms with Gasteiger partial charge in [0.05, 0.1) is 0 Å². The van der Waals surface area contributed by atoms with Gasteiger partial charge in [-0.25, -0.2) is 0 Å². The summed E-state index contributed by atoms with van der Waals surface area (Å²) in [6, 6.07) is 28.2. The van der Waals surface area contributed by atoms with Gasteiger partial charge in [-0.3, -0.25) is 14.6 Å². The molecule has 0 aliphatic rings. The molecule has 33 heavy (non-hydrogen) atoms. The van der Waals surface area contributed by atoms with E-state index in [-0.39, 0.29) is 11.8 Å². The van der Waals surface area contributed by atoms with E-state index in [9.17, 15) is 9.59 Å². The van der Waals surface area contributed by atoms with Crippen LogP contribution >= 0.6 is 11.8 Å². The first kappa shape index (κ1) is 22.3. The first-order chi connectivity index (χ1) is 16.1. The van der Waals surface area contributed by atoms with Crippen LogP contribution in [0.5, 0.6) is 0 Å². The van der Waals surface area contributed by atoms with Crippen molar-refractivity contribution in [3.05, 3.63) is 120 Å². The first-order valence-electron chi connectivity index (χ1n) is 10.5. The molecule has 0 aliphatic carbocycles. The number of hydrogen-bond donors (Lipinski definition) is 2. The van der Waals surface area contributed by atoms with Crippen LogP contribution in [-0.2, 0) is 4.79 Å². The SMILES string of the molecule is Cc1ccccc1C(=O)Nc1ccc(SC(C(=O)Nc2ccncc2)c2ccccc2)cc1.